The number of nitrogens with one attached hydrogen (secondary N) is 3. The van der Waals surface area contributed by atoms with Crippen LogP contribution in [0.1, 0.15) is 68.6 Å². The van der Waals surface area contributed by atoms with Crippen LogP contribution in [0.25, 0.3) is 0 Å². The third kappa shape index (κ3) is 6.54. The summed E-state index contributed by atoms with van der Waals surface area (Å²) in [5.41, 5.74) is 0.0490. The quantitative estimate of drug-likeness (QED) is 0.602. The highest BCUT2D eigenvalue weighted by atomic mass is 16.5. The molecule has 1 aliphatic carbocycles. The number of ether oxygens (including phenoxy) is 1. The second-order valence-electron chi connectivity index (χ2n) is 8.82. The first-order chi connectivity index (χ1) is 15.4. The summed E-state index contributed by atoms with van der Waals surface area (Å²) in [4.78, 5) is 37.3. The molecule has 0 radical (unpaired) electrons. The van der Waals surface area contributed by atoms with E-state index in [9.17, 15) is 19.6 Å². The van der Waals surface area contributed by atoms with Crippen molar-refractivity contribution >= 4 is 23.4 Å². The van der Waals surface area contributed by atoms with E-state index in [0.29, 0.717) is 49.6 Å². The Balaban J connectivity index is 1.71. The zero-order chi connectivity index (χ0) is 23.0. The fourth-order valence-corrected chi connectivity index (χ4v) is 4.45. The minimum Gasteiger partial charge on any atom is -0.381 e. The van der Waals surface area contributed by atoms with E-state index >= 15 is 0 Å². The summed E-state index contributed by atoms with van der Waals surface area (Å²) in [5, 5.41) is 18.2. The second kappa shape index (κ2) is 11.1. The Kier molecular flexibility index (Phi) is 8.23. The van der Waals surface area contributed by atoms with Crippen LogP contribution in [-0.4, -0.2) is 42.5 Å². The van der Waals surface area contributed by atoms with Crippen molar-refractivity contribution in [2.75, 3.05) is 18.5 Å². The van der Waals surface area contributed by atoms with E-state index in [4.69, 9.17) is 4.74 Å². The van der Waals surface area contributed by atoms with Crippen molar-refractivity contribution in [1.29, 1.82) is 5.26 Å². The number of benzene rings is 1. The lowest BCUT2D eigenvalue weighted by atomic mass is 9.84. The number of rotatable bonds is 7. The topological polar surface area (TPSA) is 120 Å². The molecule has 0 aromatic heterocycles. The van der Waals surface area contributed by atoms with E-state index < -0.39 is 11.6 Å². The Hall–Kier alpha value is -2.92. The van der Waals surface area contributed by atoms with Crippen molar-refractivity contribution in [1.82, 2.24) is 10.6 Å². The standard InChI is InChI=1S/C24H32N4O4/c1-17(29)26-20-9-7-19(8-10-20)22(30)27-21(15-18-5-3-2-4-6-18)23(31)28-24(16-25)11-13-32-14-12-24/h7-10,18,21H,2-6,11-15H2,1H3,(H,26,29)(H,27,30)(H,28,31). The third-order valence-corrected chi connectivity index (χ3v) is 6.31. The number of hydrogen-bond acceptors (Lipinski definition) is 5. The van der Waals surface area contributed by atoms with E-state index in [2.05, 4.69) is 22.0 Å². The van der Waals surface area contributed by atoms with Crippen LogP contribution in [0.5, 0.6) is 0 Å². The Morgan fingerprint density at radius 1 is 1.12 bits per heavy atom. The fourth-order valence-electron chi connectivity index (χ4n) is 4.45. The smallest absolute Gasteiger partial charge is 0.251 e. The first-order valence-corrected chi connectivity index (χ1v) is 11.4. The number of nitriles is 1. The van der Waals surface area contributed by atoms with Gasteiger partial charge in [-0.25, -0.2) is 0 Å². The van der Waals surface area contributed by atoms with Gasteiger partial charge in [0.15, 0.2) is 0 Å². The molecule has 2 fully saturated rings. The molecule has 1 heterocycles. The lowest BCUT2D eigenvalue weighted by Gasteiger charge is -2.34. The van der Waals surface area contributed by atoms with Crippen LogP contribution < -0.4 is 16.0 Å². The summed E-state index contributed by atoms with van der Waals surface area (Å²) >= 11 is 0. The van der Waals surface area contributed by atoms with Gasteiger partial charge in [-0.3, -0.25) is 14.4 Å². The number of carbonyl (C=O) groups is 3. The number of amides is 3. The molecule has 1 atom stereocenters. The Morgan fingerprint density at radius 3 is 2.38 bits per heavy atom. The first-order valence-electron chi connectivity index (χ1n) is 11.4. The molecule has 8 nitrogen and oxygen atoms in total. The van der Waals surface area contributed by atoms with Gasteiger partial charge in [0.2, 0.25) is 11.8 Å². The molecule has 3 rings (SSSR count). The van der Waals surface area contributed by atoms with Crippen molar-refractivity contribution < 1.29 is 19.1 Å². The maximum absolute atomic E-state index is 13.2. The lowest BCUT2D eigenvalue weighted by Crippen LogP contribution is -2.57. The van der Waals surface area contributed by atoms with Crippen LogP contribution in [0.15, 0.2) is 24.3 Å². The summed E-state index contributed by atoms with van der Waals surface area (Å²) in [5.74, 6) is -0.490. The molecule has 8 heteroatoms. The van der Waals surface area contributed by atoms with E-state index in [1.807, 2.05) is 0 Å². The zero-order valence-corrected chi connectivity index (χ0v) is 18.6. The Labute approximate surface area is 189 Å². The summed E-state index contributed by atoms with van der Waals surface area (Å²) in [7, 11) is 0. The van der Waals surface area contributed by atoms with Crippen LogP contribution in [0, 0.1) is 17.2 Å². The monoisotopic (exact) mass is 440 g/mol. The van der Waals surface area contributed by atoms with Crippen LogP contribution in [0.4, 0.5) is 5.69 Å². The molecule has 0 bridgehead atoms. The molecular weight excluding hydrogens is 408 g/mol. The number of hydrogen-bond donors (Lipinski definition) is 3. The normalized spacial score (nSPS) is 19.2. The van der Waals surface area contributed by atoms with Crippen molar-refractivity contribution in [3.8, 4) is 6.07 Å². The van der Waals surface area contributed by atoms with Gasteiger partial charge in [-0.05, 0) is 36.6 Å². The molecule has 32 heavy (non-hydrogen) atoms. The Bertz CT molecular complexity index is 850. The molecule has 1 aromatic carbocycles. The molecule has 1 saturated heterocycles. The summed E-state index contributed by atoms with van der Waals surface area (Å²) in [6.45, 7) is 2.27. The minimum absolute atomic E-state index is 0.189. The molecule has 1 unspecified atom stereocenters. The molecule has 1 aromatic rings. The van der Waals surface area contributed by atoms with Gasteiger partial charge in [0, 0.05) is 44.2 Å². The van der Waals surface area contributed by atoms with E-state index in [1.54, 1.807) is 24.3 Å². The van der Waals surface area contributed by atoms with Gasteiger partial charge in [-0.15, -0.1) is 0 Å². The van der Waals surface area contributed by atoms with Gasteiger partial charge in [-0.1, -0.05) is 32.1 Å². The maximum Gasteiger partial charge on any atom is 0.251 e. The van der Waals surface area contributed by atoms with Crippen LogP contribution >= 0.6 is 0 Å². The highest BCUT2D eigenvalue weighted by Gasteiger charge is 2.37. The van der Waals surface area contributed by atoms with E-state index in [1.165, 1.54) is 13.3 Å². The van der Waals surface area contributed by atoms with Crippen molar-refractivity contribution in [2.45, 2.75) is 69.9 Å². The average Bonchev–Trinajstić information content (AvgIpc) is 2.80. The van der Waals surface area contributed by atoms with Crippen LogP contribution in [0.2, 0.25) is 0 Å². The maximum atomic E-state index is 13.2. The van der Waals surface area contributed by atoms with Gasteiger partial charge in [0.05, 0.1) is 6.07 Å². The number of carbonyl (C=O) groups excluding carboxylic acids is 3. The summed E-state index contributed by atoms with van der Waals surface area (Å²) in [6, 6.07) is 8.08. The molecule has 0 spiro atoms. The molecule has 3 amide bonds. The highest BCUT2D eigenvalue weighted by molar-refractivity contribution is 5.98. The summed E-state index contributed by atoms with van der Waals surface area (Å²) in [6.07, 6.45) is 6.99. The van der Waals surface area contributed by atoms with Crippen LogP contribution in [0.3, 0.4) is 0 Å². The Morgan fingerprint density at radius 2 is 1.78 bits per heavy atom. The van der Waals surface area contributed by atoms with Crippen molar-refractivity contribution in [2.24, 2.45) is 5.92 Å². The average molecular weight is 441 g/mol. The van der Waals surface area contributed by atoms with Gasteiger partial charge in [-0.2, -0.15) is 5.26 Å². The van der Waals surface area contributed by atoms with Crippen molar-refractivity contribution in [3.05, 3.63) is 29.8 Å². The largest absolute Gasteiger partial charge is 0.381 e. The predicted molar refractivity (Wildman–Crippen MR) is 120 cm³/mol. The van der Waals surface area contributed by atoms with Crippen LogP contribution in [-0.2, 0) is 14.3 Å². The molecule has 3 N–H and O–H groups in total. The summed E-state index contributed by atoms with van der Waals surface area (Å²) < 4.78 is 5.35. The van der Waals surface area contributed by atoms with E-state index in [-0.39, 0.29) is 17.7 Å². The number of nitrogens with zero attached hydrogens (tertiary/aromatic N) is 1. The minimum atomic E-state index is -0.953. The van der Waals surface area contributed by atoms with Crippen molar-refractivity contribution in [3.63, 3.8) is 0 Å². The molecule has 2 aliphatic rings. The number of anilines is 1. The third-order valence-electron chi connectivity index (χ3n) is 6.31. The highest BCUT2D eigenvalue weighted by Crippen LogP contribution is 2.28. The van der Waals surface area contributed by atoms with Gasteiger partial charge in [0.1, 0.15) is 11.6 Å². The predicted octanol–water partition coefficient (Wildman–Crippen LogP) is 2.90. The SMILES string of the molecule is CC(=O)Nc1ccc(C(=O)NC(CC2CCCCC2)C(=O)NC2(C#N)CCOCC2)cc1. The fraction of sp³-hybridized carbons (Fsp3) is 0.583. The molecule has 1 saturated carbocycles. The zero-order valence-electron chi connectivity index (χ0n) is 18.6. The molecule has 172 valence electrons. The molecule has 1 aliphatic heterocycles. The molecular formula is C24H32N4O4. The second-order valence-corrected chi connectivity index (χ2v) is 8.82. The van der Waals surface area contributed by atoms with Gasteiger partial charge in [0.25, 0.3) is 5.91 Å². The lowest BCUT2D eigenvalue weighted by molar-refractivity contribution is -0.125. The van der Waals surface area contributed by atoms with Gasteiger partial charge >= 0.3 is 0 Å². The van der Waals surface area contributed by atoms with Gasteiger partial charge < -0.3 is 20.7 Å². The van der Waals surface area contributed by atoms with E-state index in [0.717, 1.165) is 25.7 Å². The first kappa shape index (κ1) is 23.7.